The van der Waals surface area contributed by atoms with Crippen LogP contribution in [-0.4, -0.2) is 38.0 Å². The third-order valence-electron chi connectivity index (χ3n) is 5.54. The molecule has 30 heavy (non-hydrogen) atoms. The summed E-state index contributed by atoms with van der Waals surface area (Å²) in [7, 11) is 1.49. The summed E-state index contributed by atoms with van der Waals surface area (Å²) in [6.07, 6.45) is -0.0139. The molecule has 0 saturated heterocycles. The molecule has 6 heteroatoms. The molecule has 0 bridgehead atoms. The number of fused-ring (bicyclic) bond motifs is 1. The van der Waals surface area contributed by atoms with Gasteiger partial charge < -0.3 is 14.2 Å². The molecule has 2 aromatic rings. The van der Waals surface area contributed by atoms with E-state index in [1.54, 1.807) is 32.0 Å². The van der Waals surface area contributed by atoms with Gasteiger partial charge in [-0.05, 0) is 50.1 Å². The fraction of sp³-hybridized carbons (Fsp3) is 0.375. The van der Waals surface area contributed by atoms with Crippen LogP contribution in [0.5, 0.6) is 5.75 Å². The van der Waals surface area contributed by atoms with Gasteiger partial charge >= 0.3 is 11.9 Å². The highest BCUT2D eigenvalue weighted by molar-refractivity contribution is 6.14. The molecule has 0 N–H and O–H groups in total. The number of ketones is 1. The van der Waals surface area contributed by atoms with Crippen molar-refractivity contribution in [3.8, 4) is 5.75 Å². The summed E-state index contributed by atoms with van der Waals surface area (Å²) in [5.41, 5.74) is 0.490. The molecule has 0 aromatic heterocycles. The van der Waals surface area contributed by atoms with E-state index in [0.29, 0.717) is 16.9 Å². The van der Waals surface area contributed by atoms with E-state index in [4.69, 9.17) is 14.2 Å². The Morgan fingerprint density at radius 3 is 2.13 bits per heavy atom. The Morgan fingerprint density at radius 2 is 1.60 bits per heavy atom. The van der Waals surface area contributed by atoms with Gasteiger partial charge in [0, 0.05) is 17.9 Å². The van der Waals surface area contributed by atoms with E-state index in [2.05, 4.69) is 0 Å². The summed E-state index contributed by atoms with van der Waals surface area (Å²) in [4.78, 5) is 40.0. The molecule has 1 aliphatic carbocycles. The number of hydrogen-bond acceptors (Lipinski definition) is 6. The zero-order chi connectivity index (χ0) is 21.9. The quantitative estimate of drug-likeness (QED) is 0.533. The fourth-order valence-corrected chi connectivity index (χ4v) is 4.10. The molecule has 3 rings (SSSR count). The molecule has 158 valence electrons. The summed E-state index contributed by atoms with van der Waals surface area (Å²) in [5.74, 6) is -1.93. The fourth-order valence-electron chi connectivity index (χ4n) is 4.10. The van der Waals surface area contributed by atoms with Crippen molar-refractivity contribution < 1.29 is 28.6 Å². The Hall–Kier alpha value is -3.15. The summed E-state index contributed by atoms with van der Waals surface area (Å²) < 4.78 is 16.1. The van der Waals surface area contributed by atoms with E-state index in [0.717, 1.165) is 5.56 Å². The lowest BCUT2D eigenvalue weighted by molar-refractivity contribution is -0.166. The van der Waals surface area contributed by atoms with Gasteiger partial charge in [-0.15, -0.1) is 0 Å². The molecule has 0 fully saturated rings. The van der Waals surface area contributed by atoms with Crippen LogP contribution in [0.15, 0.2) is 42.5 Å². The van der Waals surface area contributed by atoms with Crippen LogP contribution in [0.3, 0.4) is 0 Å². The van der Waals surface area contributed by atoms with Crippen LogP contribution in [0.4, 0.5) is 0 Å². The van der Waals surface area contributed by atoms with Gasteiger partial charge in [0.1, 0.15) is 5.75 Å². The number of hydrogen-bond donors (Lipinski definition) is 0. The second-order valence-electron chi connectivity index (χ2n) is 7.25. The van der Waals surface area contributed by atoms with Gasteiger partial charge in [0.25, 0.3) is 0 Å². The highest BCUT2D eigenvalue weighted by atomic mass is 16.6. The molecule has 0 saturated carbocycles. The number of benzene rings is 2. The topological polar surface area (TPSA) is 78.9 Å². The maximum atomic E-state index is 13.5. The van der Waals surface area contributed by atoms with Crippen molar-refractivity contribution >= 4 is 17.7 Å². The van der Waals surface area contributed by atoms with Crippen molar-refractivity contribution in [1.82, 2.24) is 0 Å². The van der Waals surface area contributed by atoms with Crippen molar-refractivity contribution in [2.24, 2.45) is 0 Å². The lowest BCUT2D eigenvalue weighted by Crippen LogP contribution is -2.54. The first-order valence-electron chi connectivity index (χ1n) is 10.0. The first-order chi connectivity index (χ1) is 14.4. The normalized spacial score (nSPS) is 17.1. The van der Waals surface area contributed by atoms with E-state index < -0.39 is 23.3 Å². The molecular weight excluding hydrogens is 384 g/mol. The van der Waals surface area contributed by atoms with Crippen molar-refractivity contribution in [3.05, 3.63) is 64.7 Å². The van der Waals surface area contributed by atoms with E-state index in [1.807, 2.05) is 31.2 Å². The highest BCUT2D eigenvalue weighted by Gasteiger charge is 2.60. The Balaban J connectivity index is 2.37. The van der Waals surface area contributed by atoms with Gasteiger partial charge in [0.15, 0.2) is 11.2 Å². The molecule has 0 heterocycles. The number of rotatable bonds is 6. The summed E-state index contributed by atoms with van der Waals surface area (Å²) >= 11 is 0. The minimum Gasteiger partial charge on any atom is -0.497 e. The van der Waals surface area contributed by atoms with E-state index in [-0.39, 0.29) is 31.0 Å². The number of methoxy groups -OCH3 is 1. The minimum absolute atomic E-state index is 0.0139. The lowest BCUT2D eigenvalue weighted by atomic mass is 9.60. The number of carbonyl (C=O) groups is 3. The average Bonchev–Trinajstić information content (AvgIpc) is 2.74. The zero-order valence-corrected chi connectivity index (χ0v) is 17.7. The minimum atomic E-state index is -1.81. The Kier molecular flexibility index (Phi) is 6.25. The lowest BCUT2D eigenvalue weighted by Gasteiger charge is -2.41. The molecule has 2 aromatic carbocycles. The molecule has 0 aliphatic heterocycles. The van der Waals surface area contributed by atoms with Gasteiger partial charge in [0.2, 0.25) is 0 Å². The predicted octanol–water partition coefficient (Wildman–Crippen LogP) is 3.74. The van der Waals surface area contributed by atoms with Gasteiger partial charge in [-0.3, -0.25) is 14.4 Å². The first kappa shape index (κ1) is 21.6. The van der Waals surface area contributed by atoms with Crippen LogP contribution in [0.25, 0.3) is 0 Å². The highest BCUT2D eigenvalue weighted by Crippen LogP contribution is 2.50. The number of ether oxygens (including phenoxy) is 3. The molecule has 0 spiro atoms. The first-order valence-corrected chi connectivity index (χ1v) is 10.0. The van der Waals surface area contributed by atoms with E-state index in [9.17, 15) is 14.4 Å². The van der Waals surface area contributed by atoms with Crippen LogP contribution in [-0.2, 0) is 24.5 Å². The van der Waals surface area contributed by atoms with Crippen LogP contribution >= 0.6 is 0 Å². The van der Waals surface area contributed by atoms with Crippen molar-refractivity contribution in [1.29, 1.82) is 0 Å². The van der Waals surface area contributed by atoms with Crippen LogP contribution in [0.1, 0.15) is 53.2 Å². The standard InChI is InChI=1S/C24H26O6/c1-5-29-22(26)24(23(27)30-6-2)19(16-9-7-15(3)8-10-16)14-21(25)18-12-11-17(28-4)13-20(18)24/h7-13,19H,5-6,14H2,1-4H3. The van der Waals surface area contributed by atoms with Crippen molar-refractivity contribution in [3.63, 3.8) is 0 Å². The van der Waals surface area contributed by atoms with Crippen LogP contribution < -0.4 is 4.74 Å². The van der Waals surface area contributed by atoms with Gasteiger partial charge in [0.05, 0.1) is 20.3 Å². The average molecular weight is 410 g/mol. The third-order valence-corrected chi connectivity index (χ3v) is 5.54. The molecule has 1 aliphatic rings. The number of aryl methyl sites for hydroxylation is 1. The Morgan fingerprint density at radius 1 is 1.00 bits per heavy atom. The second-order valence-corrected chi connectivity index (χ2v) is 7.25. The maximum absolute atomic E-state index is 13.5. The molecule has 6 nitrogen and oxygen atoms in total. The summed E-state index contributed by atoms with van der Waals surface area (Å²) in [6, 6.07) is 12.3. The smallest absolute Gasteiger partial charge is 0.328 e. The van der Waals surface area contributed by atoms with Crippen molar-refractivity contribution in [2.45, 2.75) is 38.5 Å². The maximum Gasteiger partial charge on any atom is 0.328 e. The van der Waals surface area contributed by atoms with E-state index in [1.165, 1.54) is 7.11 Å². The zero-order valence-electron chi connectivity index (χ0n) is 17.7. The largest absolute Gasteiger partial charge is 0.497 e. The van der Waals surface area contributed by atoms with Gasteiger partial charge in [-0.2, -0.15) is 0 Å². The van der Waals surface area contributed by atoms with Crippen molar-refractivity contribution in [2.75, 3.05) is 20.3 Å². The molecule has 1 atom stereocenters. The third kappa shape index (κ3) is 3.47. The number of Topliss-reactive ketones (excluding diaryl/α,β-unsaturated/α-hetero) is 1. The number of carbonyl (C=O) groups excluding carboxylic acids is 3. The Bertz CT molecular complexity index is 942. The number of esters is 2. The van der Waals surface area contributed by atoms with Gasteiger partial charge in [-0.25, -0.2) is 0 Å². The predicted molar refractivity (Wildman–Crippen MR) is 111 cm³/mol. The molecule has 0 amide bonds. The molecular formula is C24H26O6. The Labute approximate surface area is 176 Å². The van der Waals surface area contributed by atoms with Crippen LogP contribution in [0.2, 0.25) is 0 Å². The summed E-state index contributed by atoms with van der Waals surface area (Å²) in [6.45, 7) is 5.48. The molecule has 1 unspecified atom stereocenters. The monoisotopic (exact) mass is 410 g/mol. The SMILES string of the molecule is CCOC(=O)C1(C(=O)OCC)c2cc(OC)ccc2C(=O)CC1c1ccc(C)cc1. The molecule has 0 radical (unpaired) electrons. The van der Waals surface area contributed by atoms with Crippen LogP contribution in [0, 0.1) is 6.92 Å². The summed E-state index contributed by atoms with van der Waals surface area (Å²) in [5, 5.41) is 0. The van der Waals surface area contributed by atoms with E-state index >= 15 is 0 Å². The van der Waals surface area contributed by atoms with Gasteiger partial charge in [-0.1, -0.05) is 29.8 Å². The second kappa shape index (κ2) is 8.69.